The highest BCUT2D eigenvalue weighted by Gasteiger charge is 2.31. The molecule has 0 aliphatic carbocycles. The number of nitrogens with two attached hydrogens (primary N) is 1. The molecular weight excluding hydrogens is 285 g/mol. The molecule has 2 aromatic rings. The number of pyridine rings is 1. The Bertz CT molecular complexity index is 673. The van der Waals surface area contributed by atoms with E-state index in [0.717, 1.165) is 12.3 Å². The summed E-state index contributed by atoms with van der Waals surface area (Å²) in [6.45, 7) is 3.96. The molecule has 0 atom stereocenters. The van der Waals surface area contributed by atoms with Crippen molar-refractivity contribution in [1.29, 1.82) is 0 Å². The average molecular weight is 298 g/mol. The molecule has 21 heavy (non-hydrogen) atoms. The van der Waals surface area contributed by atoms with Gasteiger partial charge in [0.25, 0.3) is 0 Å². The molecule has 2 rings (SSSR count). The molecule has 0 aliphatic rings. The molecule has 0 saturated heterocycles. The monoisotopic (exact) mass is 298 g/mol. The first-order chi connectivity index (χ1) is 9.91. The van der Waals surface area contributed by atoms with Gasteiger partial charge in [-0.1, -0.05) is 6.08 Å². The van der Waals surface area contributed by atoms with Crippen LogP contribution in [0.15, 0.2) is 36.0 Å². The van der Waals surface area contributed by atoms with Gasteiger partial charge in [-0.25, -0.2) is 4.99 Å². The van der Waals surface area contributed by atoms with Crippen LogP contribution in [0.4, 0.5) is 13.2 Å². The predicted molar refractivity (Wildman–Crippen MR) is 71.5 cm³/mol. The van der Waals surface area contributed by atoms with Gasteiger partial charge in [-0.3, -0.25) is 4.40 Å². The van der Waals surface area contributed by atoms with E-state index in [2.05, 4.69) is 27.1 Å². The molecule has 112 valence electrons. The molecule has 0 unspecified atom stereocenters. The number of hydrogen-bond acceptors (Lipinski definition) is 3. The van der Waals surface area contributed by atoms with Gasteiger partial charge in [0.1, 0.15) is 6.54 Å². The van der Waals surface area contributed by atoms with Crippen molar-refractivity contribution in [3.05, 3.63) is 42.4 Å². The fraction of sp³-hybridized carbons (Fsp3) is 0.250. The maximum Gasteiger partial charge on any atom is 0.417 e. The third-order valence-corrected chi connectivity index (χ3v) is 2.62. The number of nitrogens with zero attached hydrogens (tertiary/aromatic N) is 4. The SMILES string of the molecule is C=CCNC(N)=NCc1nnc2ccc(C(F)(F)F)cn12. The van der Waals surface area contributed by atoms with Crippen LogP contribution in [-0.2, 0) is 12.7 Å². The Morgan fingerprint density at radius 2 is 2.19 bits per heavy atom. The highest BCUT2D eigenvalue weighted by Crippen LogP contribution is 2.29. The molecule has 2 aromatic heterocycles. The first kappa shape index (κ1) is 14.8. The lowest BCUT2D eigenvalue weighted by molar-refractivity contribution is -0.137. The van der Waals surface area contributed by atoms with E-state index in [1.807, 2.05) is 0 Å². The van der Waals surface area contributed by atoms with Crippen molar-refractivity contribution in [2.24, 2.45) is 10.7 Å². The van der Waals surface area contributed by atoms with Crippen LogP contribution >= 0.6 is 0 Å². The number of hydrogen-bond donors (Lipinski definition) is 2. The fourth-order valence-corrected chi connectivity index (χ4v) is 1.60. The number of guanidine groups is 1. The van der Waals surface area contributed by atoms with Gasteiger partial charge in [-0.05, 0) is 12.1 Å². The Hall–Kier alpha value is -2.58. The number of halogens is 3. The van der Waals surface area contributed by atoms with E-state index in [9.17, 15) is 13.2 Å². The largest absolute Gasteiger partial charge is 0.417 e. The summed E-state index contributed by atoms with van der Waals surface area (Å²) in [7, 11) is 0. The van der Waals surface area contributed by atoms with Crippen LogP contribution in [0.5, 0.6) is 0 Å². The average Bonchev–Trinajstić information content (AvgIpc) is 2.84. The standard InChI is InChI=1S/C12H13F3N6/c1-2-5-17-11(16)18-6-10-20-19-9-4-3-8(7-21(9)10)12(13,14)15/h2-4,7H,1,5-6H2,(H3,16,17,18). The molecule has 9 heteroatoms. The number of aromatic nitrogens is 3. The van der Waals surface area contributed by atoms with Gasteiger partial charge in [-0.2, -0.15) is 13.2 Å². The smallest absolute Gasteiger partial charge is 0.370 e. The van der Waals surface area contributed by atoms with Crippen molar-refractivity contribution in [3.8, 4) is 0 Å². The van der Waals surface area contributed by atoms with Gasteiger partial charge in [0, 0.05) is 12.7 Å². The lowest BCUT2D eigenvalue weighted by Crippen LogP contribution is -2.31. The van der Waals surface area contributed by atoms with E-state index in [0.29, 0.717) is 12.2 Å². The summed E-state index contributed by atoms with van der Waals surface area (Å²) in [6, 6.07) is 2.21. The van der Waals surface area contributed by atoms with Gasteiger partial charge >= 0.3 is 6.18 Å². The van der Waals surface area contributed by atoms with Gasteiger partial charge < -0.3 is 11.1 Å². The molecule has 0 radical (unpaired) electrons. The van der Waals surface area contributed by atoms with Crippen LogP contribution < -0.4 is 11.1 Å². The van der Waals surface area contributed by atoms with Gasteiger partial charge in [0.05, 0.1) is 5.56 Å². The predicted octanol–water partition coefficient (Wildman–Crippen LogP) is 1.34. The summed E-state index contributed by atoms with van der Waals surface area (Å²) < 4.78 is 39.3. The van der Waals surface area contributed by atoms with Gasteiger partial charge in [-0.15, -0.1) is 16.8 Å². The van der Waals surface area contributed by atoms with Crippen LogP contribution in [0.25, 0.3) is 5.65 Å². The molecule has 0 bridgehead atoms. The minimum absolute atomic E-state index is 0.0124. The third kappa shape index (κ3) is 3.50. The number of alkyl halides is 3. The Kier molecular flexibility index (Phi) is 4.10. The molecule has 0 aliphatic heterocycles. The van der Waals surface area contributed by atoms with Crippen LogP contribution in [0.1, 0.15) is 11.4 Å². The normalized spacial score (nSPS) is 12.6. The molecule has 3 N–H and O–H groups in total. The Labute approximate surface area is 118 Å². The van der Waals surface area contributed by atoms with Crippen LogP contribution in [0.2, 0.25) is 0 Å². The Morgan fingerprint density at radius 3 is 2.86 bits per heavy atom. The Balaban J connectivity index is 2.26. The second-order valence-corrected chi connectivity index (χ2v) is 4.13. The molecule has 0 aromatic carbocycles. The molecule has 6 nitrogen and oxygen atoms in total. The minimum atomic E-state index is -4.43. The van der Waals surface area contributed by atoms with E-state index < -0.39 is 11.7 Å². The third-order valence-electron chi connectivity index (χ3n) is 2.62. The van der Waals surface area contributed by atoms with E-state index in [-0.39, 0.29) is 18.3 Å². The zero-order chi connectivity index (χ0) is 15.5. The number of fused-ring (bicyclic) bond motifs is 1. The van der Waals surface area contributed by atoms with Gasteiger partial charge in [0.15, 0.2) is 17.4 Å². The highest BCUT2D eigenvalue weighted by molar-refractivity contribution is 5.77. The van der Waals surface area contributed by atoms with E-state index in [1.165, 1.54) is 10.5 Å². The second-order valence-electron chi connectivity index (χ2n) is 4.13. The number of nitrogens with one attached hydrogen (secondary N) is 1. The fourth-order valence-electron chi connectivity index (χ4n) is 1.60. The van der Waals surface area contributed by atoms with E-state index in [1.54, 1.807) is 6.08 Å². The summed E-state index contributed by atoms with van der Waals surface area (Å²) in [5.41, 5.74) is 5.10. The van der Waals surface area contributed by atoms with Crippen molar-refractivity contribution >= 4 is 11.6 Å². The molecular formula is C12H13F3N6. The lowest BCUT2D eigenvalue weighted by Gasteiger charge is -2.07. The van der Waals surface area contributed by atoms with E-state index in [4.69, 9.17) is 5.73 Å². The maximum atomic E-state index is 12.7. The van der Waals surface area contributed by atoms with Crippen molar-refractivity contribution in [2.75, 3.05) is 6.54 Å². The minimum Gasteiger partial charge on any atom is -0.370 e. The van der Waals surface area contributed by atoms with E-state index >= 15 is 0 Å². The molecule has 0 amide bonds. The van der Waals surface area contributed by atoms with Crippen LogP contribution in [-0.4, -0.2) is 27.1 Å². The summed E-state index contributed by atoms with van der Waals surface area (Å²) >= 11 is 0. The highest BCUT2D eigenvalue weighted by atomic mass is 19.4. The van der Waals surface area contributed by atoms with Crippen LogP contribution in [0, 0.1) is 0 Å². The summed E-state index contributed by atoms with van der Waals surface area (Å²) in [4.78, 5) is 3.98. The maximum absolute atomic E-state index is 12.7. The quantitative estimate of drug-likeness (QED) is 0.507. The van der Waals surface area contributed by atoms with Crippen molar-refractivity contribution in [1.82, 2.24) is 19.9 Å². The van der Waals surface area contributed by atoms with Crippen molar-refractivity contribution in [2.45, 2.75) is 12.7 Å². The summed E-state index contributed by atoms with van der Waals surface area (Å²) in [5.74, 6) is 0.415. The second kappa shape index (κ2) is 5.81. The lowest BCUT2D eigenvalue weighted by atomic mass is 10.3. The first-order valence-electron chi connectivity index (χ1n) is 5.97. The topological polar surface area (TPSA) is 80.6 Å². The molecule has 0 spiro atoms. The summed E-state index contributed by atoms with van der Waals surface area (Å²) in [5, 5.41) is 10.3. The Morgan fingerprint density at radius 1 is 1.43 bits per heavy atom. The van der Waals surface area contributed by atoms with Crippen LogP contribution in [0.3, 0.4) is 0 Å². The zero-order valence-electron chi connectivity index (χ0n) is 10.9. The van der Waals surface area contributed by atoms with Crippen molar-refractivity contribution in [3.63, 3.8) is 0 Å². The van der Waals surface area contributed by atoms with Crippen molar-refractivity contribution < 1.29 is 13.2 Å². The number of rotatable bonds is 4. The molecule has 2 heterocycles. The zero-order valence-corrected chi connectivity index (χ0v) is 10.9. The van der Waals surface area contributed by atoms with Gasteiger partial charge in [0.2, 0.25) is 0 Å². The molecule has 0 fully saturated rings. The molecule has 0 saturated carbocycles. The summed E-state index contributed by atoms with van der Waals surface area (Å²) in [6.07, 6.45) is -1.89. The number of aliphatic imine (C=N–C) groups is 1. The first-order valence-corrected chi connectivity index (χ1v) is 5.97.